The lowest BCUT2D eigenvalue weighted by molar-refractivity contribution is 0.405. The van der Waals surface area contributed by atoms with Gasteiger partial charge < -0.3 is 10.1 Å². The predicted molar refractivity (Wildman–Crippen MR) is 79.1 cm³/mol. The fourth-order valence-corrected chi connectivity index (χ4v) is 2.36. The second-order valence-corrected chi connectivity index (χ2v) is 5.07. The third-order valence-corrected chi connectivity index (χ3v) is 3.63. The second kappa shape index (κ2) is 7.65. The SMILES string of the molecule is COc1c(C)c(C)cc(C)c1CCNCCCCl. The highest BCUT2D eigenvalue weighted by Gasteiger charge is 2.11. The Balaban J connectivity index is 2.72. The maximum absolute atomic E-state index is 5.65. The lowest BCUT2D eigenvalue weighted by Gasteiger charge is -2.16. The Morgan fingerprint density at radius 2 is 1.89 bits per heavy atom. The lowest BCUT2D eigenvalue weighted by atomic mass is 9.97. The first-order valence-corrected chi connectivity index (χ1v) is 7.05. The van der Waals surface area contributed by atoms with Crippen molar-refractivity contribution in [3.8, 4) is 5.75 Å². The number of benzene rings is 1. The van der Waals surface area contributed by atoms with E-state index in [0.29, 0.717) is 0 Å². The van der Waals surface area contributed by atoms with Crippen molar-refractivity contribution in [3.63, 3.8) is 0 Å². The number of halogens is 1. The van der Waals surface area contributed by atoms with Gasteiger partial charge >= 0.3 is 0 Å². The molecule has 1 aromatic carbocycles. The predicted octanol–water partition coefficient (Wildman–Crippen LogP) is 3.38. The molecule has 1 rings (SSSR count). The number of ether oxygens (including phenoxy) is 1. The molecule has 0 unspecified atom stereocenters. The minimum atomic E-state index is 0.721. The van der Waals surface area contributed by atoms with E-state index in [4.69, 9.17) is 16.3 Å². The Labute approximate surface area is 116 Å². The molecule has 2 nitrogen and oxygen atoms in total. The summed E-state index contributed by atoms with van der Waals surface area (Å²) < 4.78 is 5.57. The number of rotatable bonds is 7. The molecule has 0 aromatic heterocycles. The van der Waals surface area contributed by atoms with Gasteiger partial charge in [0.25, 0.3) is 0 Å². The summed E-state index contributed by atoms with van der Waals surface area (Å²) in [5.74, 6) is 1.77. The van der Waals surface area contributed by atoms with Crippen LogP contribution in [0.15, 0.2) is 6.07 Å². The highest BCUT2D eigenvalue weighted by molar-refractivity contribution is 6.17. The zero-order chi connectivity index (χ0) is 13.5. The van der Waals surface area contributed by atoms with E-state index in [2.05, 4.69) is 32.2 Å². The smallest absolute Gasteiger partial charge is 0.125 e. The van der Waals surface area contributed by atoms with Gasteiger partial charge in [-0.3, -0.25) is 0 Å². The van der Waals surface area contributed by atoms with Crippen LogP contribution in [-0.2, 0) is 6.42 Å². The zero-order valence-corrected chi connectivity index (χ0v) is 12.7. The van der Waals surface area contributed by atoms with Gasteiger partial charge in [0.1, 0.15) is 5.75 Å². The lowest BCUT2D eigenvalue weighted by Crippen LogP contribution is -2.19. The zero-order valence-electron chi connectivity index (χ0n) is 11.9. The van der Waals surface area contributed by atoms with E-state index in [-0.39, 0.29) is 0 Å². The monoisotopic (exact) mass is 269 g/mol. The maximum atomic E-state index is 5.65. The first-order valence-electron chi connectivity index (χ1n) is 6.52. The van der Waals surface area contributed by atoms with Crippen molar-refractivity contribution in [2.24, 2.45) is 0 Å². The molecule has 1 aromatic rings. The third-order valence-electron chi connectivity index (χ3n) is 3.36. The van der Waals surface area contributed by atoms with E-state index in [0.717, 1.165) is 37.6 Å². The number of hydrogen-bond donors (Lipinski definition) is 1. The Hall–Kier alpha value is -0.730. The first-order chi connectivity index (χ1) is 8.61. The van der Waals surface area contributed by atoms with Crippen molar-refractivity contribution >= 4 is 11.6 Å². The molecule has 1 N–H and O–H groups in total. The number of nitrogens with one attached hydrogen (secondary N) is 1. The van der Waals surface area contributed by atoms with E-state index in [1.165, 1.54) is 22.3 Å². The van der Waals surface area contributed by atoms with Crippen molar-refractivity contribution in [1.29, 1.82) is 0 Å². The quantitative estimate of drug-likeness (QED) is 0.605. The van der Waals surface area contributed by atoms with Gasteiger partial charge in [-0.15, -0.1) is 11.6 Å². The second-order valence-electron chi connectivity index (χ2n) is 4.69. The Bertz CT molecular complexity index is 391. The Kier molecular flexibility index (Phi) is 6.51. The van der Waals surface area contributed by atoms with Gasteiger partial charge in [-0.25, -0.2) is 0 Å². The minimum Gasteiger partial charge on any atom is -0.496 e. The van der Waals surface area contributed by atoms with Crippen LogP contribution in [0.2, 0.25) is 0 Å². The van der Waals surface area contributed by atoms with E-state index in [1.54, 1.807) is 7.11 Å². The van der Waals surface area contributed by atoms with E-state index in [9.17, 15) is 0 Å². The van der Waals surface area contributed by atoms with E-state index in [1.807, 2.05) is 0 Å². The van der Waals surface area contributed by atoms with Crippen LogP contribution >= 0.6 is 11.6 Å². The summed E-state index contributed by atoms with van der Waals surface area (Å²) in [4.78, 5) is 0. The summed E-state index contributed by atoms with van der Waals surface area (Å²) in [6, 6.07) is 2.24. The summed E-state index contributed by atoms with van der Waals surface area (Å²) in [5, 5.41) is 3.41. The van der Waals surface area contributed by atoms with Crippen LogP contribution in [0.4, 0.5) is 0 Å². The fraction of sp³-hybridized carbons (Fsp3) is 0.600. The average molecular weight is 270 g/mol. The molecule has 3 heteroatoms. The van der Waals surface area contributed by atoms with Crippen LogP contribution in [0.3, 0.4) is 0 Å². The first kappa shape index (κ1) is 15.3. The number of methoxy groups -OCH3 is 1. The standard InChI is InChI=1S/C15H24ClNO/c1-11-10-12(2)14(15(18-4)13(11)3)6-9-17-8-5-7-16/h10,17H,5-9H2,1-4H3. The van der Waals surface area contributed by atoms with E-state index >= 15 is 0 Å². The highest BCUT2D eigenvalue weighted by atomic mass is 35.5. The molecule has 102 valence electrons. The molecule has 0 saturated heterocycles. The Morgan fingerprint density at radius 3 is 2.50 bits per heavy atom. The summed E-state index contributed by atoms with van der Waals surface area (Å²) in [5.41, 5.74) is 5.18. The van der Waals surface area contributed by atoms with Gasteiger partial charge in [0.05, 0.1) is 7.11 Å². The summed E-state index contributed by atoms with van der Waals surface area (Å²) in [6.45, 7) is 8.36. The largest absolute Gasteiger partial charge is 0.496 e. The molecule has 0 atom stereocenters. The number of aryl methyl sites for hydroxylation is 2. The molecule has 0 aliphatic rings. The van der Waals surface area contributed by atoms with Crippen LogP contribution in [0.25, 0.3) is 0 Å². The molecule has 0 fully saturated rings. The molecule has 0 saturated carbocycles. The molecule has 0 heterocycles. The topological polar surface area (TPSA) is 21.3 Å². The minimum absolute atomic E-state index is 0.721. The summed E-state index contributed by atoms with van der Waals surface area (Å²) >= 11 is 5.65. The van der Waals surface area contributed by atoms with Gasteiger partial charge in [0, 0.05) is 5.88 Å². The molecule has 18 heavy (non-hydrogen) atoms. The van der Waals surface area contributed by atoms with E-state index < -0.39 is 0 Å². The fourth-order valence-electron chi connectivity index (χ4n) is 2.22. The summed E-state index contributed by atoms with van der Waals surface area (Å²) in [7, 11) is 1.76. The average Bonchev–Trinajstić information content (AvgIpc) is 2.35. The van der Waals surface area contributed by atoms with Gasteiger partial charge in [0.15, 0.2) is 0 Å². The van der Waals surface area contributed by atoms with Crippen molar-refractivity contribution in [2.75, 3.05) is 26.1 Å². The van der Waals surface area contributed by atoms with Gasteiger partial charge in [-0.1, -0.05) is 6.07 Å². The highest BCUT2D eigenvalue weighted by Crippen LogP contribution is 2.29. The number of hydrogen-bond acceptors (Lipinski definition) is 2. The van der Waals surface area contributed by atoms with Crippen LogP contribution in [0, 0.1) is 20.8 Å². The van der Waals surface area contributed by atoms with Crippen molar-refractivity contribution < 1.29 is 4.74 Å². The van der Waals surface area contributed by atoms with Gasteiger partial charge in [0.2, 0.25) is 0 Å². The summed E-state index contributed by atoms with van der Waals surface area (Å²) in [6.07, 6.45) is 2.02. The van der Waals surface area contributed by atoms with Crippen LogP contribution < -0.4 is 10.1 Å². The van der Waals surface area contributed by atoms with Crippen LogP contribution in [0.1, 0.15) is 28.7 Å². The molecular formula is C15H24ClNO. The maximum Gasteiger partial charge on any atom is 0.125 e. The number of alkyl halides is 1. The normalized spacial score (nSPS) is 10.7. The van der Waals surface area contributed by atoms with Crippen molar-refractivity contribution in [1.82, 2.24) is 5.32 Å². The Morgan fingerprint density at radius 1 is 1.17 bits per heavy atom. The van der Waals surface area contributed by atoms with Crippen LogP contribution in [0.5, 0.6) is 5.75 Å². The van der Waals surface area contributed by atoms with Crippen molar-refractivity contribution in [3.05, 3.63) is 28.3 Å². The molecule has 0 amide bonds. The molecule has 0 aliphatic carbocycles. The molecule has 0 radical (unpaired) electrons. The van der Waals surface area contributed by atoms with Gasteiger partial charge in [-0.05, 0) is 69.0 Å². The molecule has 0 bridgehead atoms. The third kappa shape index (κ3) is 3.89. The molecular weight excluding hydrogens is 246 g/mol. The van der Waals surface area contributed by atoms with Gasteiger partial charge in [-0.2, -0.15) is 0 Å². The molecule has 0 aliphatic heterocycles. The van der Waals surface area contributed by atoms with Crippen LogP contribution in [-0.4, -0.2) is 26.1 Å². The molecule has 0 spiro atoms. The van der Waals surface area contributed by atoms with Crippen molar-refractivity contribution in [2.45, 2.75) is 33.6 Å².